The second kappa shape index (κ2) is 14.4. The lowest BCUT2D eigenvalue weighted by Gasteiger charge is -2.29. The Balaban J connectivity index is 1.32. The number of hydrogen-bond acceptors (Lipinski definition) is 2. The summed E-state index contributed by atoms with van der Waals surface area (Å²) in [5.41, 5.74) is -5.33. The lowest BCUT2D eigenvalue weighted by Crippen LogP contribution is -2.25. The van der Waals surface area contributed by atoms with Crippen LogP contribution in [-0.4, -0.2) is 12.7 Å². The SMILES string of the molecule is CCCCOC1CCC(c2ccc(-c3cc(F)c(C(F)(F)Oc4ccc(-c5cc(F)c(C(F)(F)F)c(F)c5)c(F)c4)c(F)c3)c(F)c2)CC1. The van der Waals surface area contributed by atoms with Gasteiger partial charge in [0.25, 0.3) is 0 Å². The Morgan fingerprint density at radius 1 is 0.612 bits per heavy atom. The van der Waals surface area contributed by atoms with E-state index in [1.807, 2.05) is 0 Å². The summed E-state index contributed by atoms with van der Waals surface area (Å²) >= 11 is 0. The maximum atomic E-state index is 15.2. The third kappa shape index (κ3) is 8.03. The molecule has 0 heterocycles. The Hall–Kier alpha value is -4.13. The van der Waals surface area contributed by atoms with E-state index < -0.39 is 75.2 Å². The fourth-order valence-electron chi connectivity index (χ4n) is 5.98. The van der Waals surface area contributed by atoms with Gasteiger partial charge in [0.15, 0.2) is 0 Å². The van der Waals surface area contributed by atoms with E-state index in [-0.39, 0.29) is 35.3 Å². The first-order chi connectivity index (χ1) is 23.1. The minimum absolute atomic E-state index is 0.0532. The predicted molar refractivity (Wildman–Crippen MR) is 159 cm³/mol. The van der Waals surface area contributed by atoms with Crippen molar-refractivity contribution in [1.29, 1.82) is 0 Å². The van der Waals surface area contributed by atoms with Crippen LogP contribution >= 0.6 is 0 Å². The highest BCUT2D eigenvalue weighted by Gasteiger charge is 2.42. The average molecular weight is 703 g/mol. The molecule has 1 saturated carbocycles. The number of alkyl halides is 5. The predicted octanol–water partition coefficient (Wildman–Crippen LogP) is 11.8. The van der Waals surface area contributed by atoms with Gasteiger partial charge in [-0.1, -0.05) is 25.5 Å². The highest BCUT2D eigenvalue weighted by atomic mass is 19.4. The standard InChI is InChI=1S/C36H29F11O2/c1-2-3-12-48-23-7-4-19(5-8-23)20-6-10-25(27(37)13-20)22-16-31(41)34(32(42)17-22)36(46,47)49-24-9-11-26(28(38)18-24)21-14-29(39)33(30(40)15-21)35(43,44)45/h6,9-11,13-19,23H,2-5,7-8,12H2,1H3. The molecule has 0 spiro atoms. The van der Waals surface area contributed by atoms with Gasteiger partial charge in [-0.2, -0.15) is 22.0 Å². The van der Waals surface area contributed by atoms with Crippen LogP contribution in [0.2, 0.25) is 0 Å². The average Bonchev–Trinajstić information content (AvgIpc) is 2.99. The molecule has 0 atom stereocenters. The van der Waals surface area contributed by atoms with E-state index in [9.17, 15) is 26.3 Å². The monoisotopic (exact) mass is 702 g/mol. The third-order valence-electron chi connectivity index (χ3n) is 8.46. The third-order valence-corrected chi connectivity index (χ3v) is 8.46. The van der Waals surface area contributed by atoms with Gasteiger partial charge in [-0.25, -0.2) is 26.3 Å². The first-order valence-electron chi connectivity index (χ1n) is 15.4. The van der Waals surface area contributed by atoms with Gasteiger partial charge in [0.05, 0.1) is 6.10 Å². The summed E-state index contributed by atoms with van der Waals surface area (Å²) < 4.78 is 167. The van der Waals surface area contributed by atoms with Crippen LogP contribution in [0.15, 0.2) is 60.7 Å². The van der Waals surface area contributed by atoms with Gasteiger partial charge in [-0.15, -0.1) is 0 Å². The van der Waals surface area contributed by atoms with Crippen molar-refractivity contribution >= 4 is 0 Å². The van der Waals surface area contributed by atoms with E-state index in [4.69, 9.17) is 4.74 Å². The number of unbranched alkanes of at least 4 members (excludes halogenated alkanes) is 1. The largest absolute Gasteiger partial charge is 0.432 e. The molecule has 1 aliphatic carbocycles. The normalized spacial score (nSPS) is 17.0. The van der Waals surface area contributed by atoms with Crippen LogP contribution < -0.4 is 4.74 Å². The van der Waals surface area contributed by atoms with E-state index in [1.165, 1.54) is 12.1 Å². The molecule has 4 aromatic carbocycles. The molecule has 49 heavy (non-hydrogen) atoms. The van der Waals surface area contributed by atoms with E-state index in [0.717, 1.165) is 38.5 Å². The van der Waals surface area contributed by atoms with Crippen molar-refractivity contribution in [3.63, 3.8) is 0 Å². The zero-order valence-electron chi connectivity index (χ0n) is 25.9. The Morgan fingerprint density at radius 3 is 1.61 bits per heavy atom. The van der Waals surface area contributed by atoms with Crippen molar-refractivity contribution in [3.8, 4) is 28.0 Å². The number of rotatable bonds is 10. The fraction of sp³-hybridized carbons (Fsp3) is 0.333. The minimum Gasteiger partial charge on any atom is -0.429 e. The zero-order valence-corrected chi connectivity index (χ0v) is 25.9. The molecule has 4 aromatic rings. The summed E-state index contributed by atoms with van der Waals surface area (Å²) in [6, 6.07) is 7.24. The van der Waals surface area contributed by atoms with Crippen molar-refractivity contribution in [2.24, 2.45) is 0 Å². The van der Waals surface area contributed by atoms with Crippen LogP contribution in [0.1, 0.15) is 68.1 Å². The number of halogens is 11. The lowest BCUT2D eigenvalue weighted by atomic mass is 9.82. The van der Waals surface area contributed by atoms with Crippen LogP contribution in [0.3, 0.4) is 0 Å². The molecule has 0 amide bonds. The fourth-order valence-corrected chi connectivity index (χ4v) is 5.98. The number of benzene rings is 4. The molecule has 2 nitrogen and oxygen atoms in total. The number of ether oxygens (including phenoxy) is 2. The Bertz CT molecular complexity index is 1770. The first-order valence-corrected chi connectivity index (χ1v) is 15.4. The highest BCUT2D eigenvalue weighted by molar-refractivity contribution is 5.67. The molecule has 1 aliphatic rings. The van der Waals surface area contributed by atoms with Crippen molar-refractivity contribution in [2.75, 3.05) is 6.61 Å². The van der Waals surface area contributed by atoms with Crippen LogP contribution in [0.5, 0.6) is 5.75 Å². The summed E-state index contributed by atoms with van der Waals surface area (Å²) in [6.07, 6.45) is -4.84. The van der Waals surface area contributed by atoms with Crippen LogP contribution in [0, 0.1) is 34.9 Å². The Kier molecular flexibility index (Phi) is 10.6. The van der Waals surface area contributed by atoms with Crippen molar-refractivity contribution < 1.29 is 57.8 Å². The van der Waals surface area contributed by atoms with Gasteiger partial charge in [-0.3, -0.25) is 0 Å². The lowest BCUT2D eigenvalue weighted by molar-refractivity contribution is -0.189. The summed E-state index contributed by atoms with van der Waals surface area (Å²) in [5, 5.41) is 0. The van der Waals surface area contributed by atoms with Gasteiger partial charge in [0.1, 0.15) is 51.8 Å². The quantitative estimate of drug-likeness (QED) is 0.121. The van der Waals surface area contributed by atoms with Gasteiger partial charge in [-0.05, 0) is 97.2 Å². The van der Waals surface area contributed by atoms with E-state index >= 15 is 22.0 Å². The molecule has 0 unspecified atom stereocenters. The molecular formula is C36H29F11O2. The van der Waals surface area contributed by atoms with Crippen LogP contribution in [0.4, 0.5) is 48.3 Å². The van der Waals surface area contributed by atoms with Crippen LogP contribution in [-0.2, 0) is 17.0 Å². The molecule has 0 radical (unpaired) electrons. The zero-order chi connectivity index (χ0) is 35.7. The molecule has 0 saturated heterocycles. The van der Waals surface area contributed by atoms with Crippen molar-refractivity contribution in [2.45, 2.75) is 69.8 Å². The summed E-state index contributed by atoms with van der Waals surface area (Å²) in [5.74, 6) is -10.8. The molecule has 5 rings (SSSR count). The molecule has 13 heteroatoms. The highest BCUT2D eigenvalue weighted by Crippen LogP contribution is 2.41. The first kappa shape index (κ1) is 36.2. The van der Waals surface area contributed by atoms with Crippen molar-refractivity contribution in [3.05, 3.63) is 112 Å². The molecule has 0 aromatic heterocycles. The van der Waals surface area contributed by atoms with E-state index in [0.29, 0.717) is 42.5 Å². The van der Waals surface area contributed by atoms with Gasteiger partial charge < -0.3 is 9.47 Å². The van der Waals surface area contributed by atoms with Gasteiger partial charge >= 0.3 is 12.3 Å². The Morgan fingerprint density at radius 2 is 1.12 bits per heavy atom. The molecule has 1 fully saturated rings. The van der Waals surface area contributed by atoms with Gasteiger partial charge in [0.2, 0.25) is 0 Å². The summed E-state index contributed by atoms with van der Waals surface area (Å²) in [4.78, 5) is 0. The summed E-state index contributed by atoms with van der Waals surface area (Å²) in [6.45, 7) is 2.76. The second-order valence-electron chi connectivity index (χ2n) is 11.8. The van der Waals surface area contributed by atoms with E-state index in [2.05, 4.69) is 11.7 Å². The smallest absolute Gasteiger partial charge is 0.429 e. The minimum atomic E-state index is -5.38. The molecule has 0 bridgehead atoms. The molecule has 262 valence electrons. The Labute approximate surface area is 274 Å². The molecule has 0 aliphatic heterocycles. The molecular weight excluding hydrogens is 673 g/mol. The maximum Gasteiger partial charge on any atom is 0.432 e. The van der Waals surface area contributed by atoms with E-state index in [1.54, 1.807) is 6.07 Å². The maximum absolute atomic E-state index is 15.2. The van der Waals surface area contributed by atoms with Gasteiger partial charge in [0, 0.05) is 23.8 Å². The van der Waals surface area contributed by atoms with Crippen LogP contribution in [0.25, 0.3) is 22.3 Å². The summed E-state index contributed by atoms with van der Waals surface area (Å²) in [7, 11) is 0. The topological polar surface area (TPSA) is 18.5 Å². The number of hydrogen-bond donors (Lipinski definition) is 0. The molecule has 0 N–H and O–H groups in total. The second-order valence-corrected chi connectivity index (χ2v) is 11.8. The van der Waals surface area contributed by atoms with Crippen molar-refractivity contribution in [1.82, 2.24) is 0 Å².